The summed E-state index contributed by atoms with van der Waals surface area (Å²) in [6.45, 7) is 10.5. The third-order valence-corrected chi connectivity index (χ3v) is 3.40. The summed E-state index contributed by atoms with van der Waals surface area (Å²) in [4.78, 5) is 0. The second kappa shape index (κ2) is 3.37. The predicted molar refractivity (Wildman–Crippen MR) is 63.1 cm³/mol. The van der Waals surface area contributed by atoms with Gasteiger partial charge in [0.2, 0.25) is 0 Å². The summed E-state index contributed by atoms with van der Waals surface area (Å²) >= 11 is 0. The van der Waals surface area contributed by atoms with Gasteiger partial charge in [-0.25, -0.2) is 0 Å². The minimum atomic E-state index is 0.531. The highest BCUT2D eigenvalue weighted by Crippen LogP contribution is 2.59. The van der Waals surface area contributed by atoms with Gasteiger partial charge >= 0.3 is 0 Å². The third-order valence-electron chi connectivity index (χ3n) is 3.40. The molecular formula is C13H26N+. The van der Waals surface area contributed by atoms with Crippen LogP contribution in [-0.4, -0.2) is 32.2 Å². The summed E-state index contributed by atoms with van der Waals surface area (Å²) in [6, 6.07) is 0. The summed E-state index contributed by atoms with van der Waals surface area (Å²) < 4.78 is 1.08. The first-order chi connectivity index (χ1) is 6.14. The highest BCUT2D eigenvalue weighted by Gasteiger charge is 2.58. The van der Waals surface area contributed by atoms with Crippen LogP contribution in [0.4, 0.5) is 0 Å². The van der Waals surface area contributed by atoms with Crippen molar-refractivity contribution in [3.05, 3.63) is 11.6 Å². The van der Waals surface area contributed by atoms with Gasteiger partial charge in [0.25, 0.3) is 0 Å². The zero-order chi connectivity index (χ0) is 11.1. The van der Waals surface area contributed by atoms with E-state index in [0.717, 1.165) is 16.3 Å². The lowest BCUT2D eigenvalue weighted by atomic mass is 10.1. The first kappa shape index (κ1) is 11.8. The molecule has 0 spiro atoms. The summed E-state index contributed by atoms with van der Waals surface area (Å²) in [5.74, 6) is 1.68. The molecule has 82 valence electrons. The van der Waals surface area contributed by atoms with Gasteiger partial charge in [-0.15, -0.1) is 0 Å². The lowest BCUT2D eigenvalue weighted by Gasteiger charge is -2.24. The van der Waals surface area contributed by atoms with Crippen LogP contribution in [0.2, 0.25) is 0 Å². The van der Waals surface area contributed by atoms with Crippen molar-refractivity contribution >= 4 is 0 Å². The van der Waals surface area contributed by atoms with Crippen LogP contribution >= 0.6 is 0 Å². The molecule has 0 bridgehead atoms. The number of rotatable bonds is 3. The van der Waals surface area contributed by atoms with Gasteiger partial charge in [0, 0.05) is 5.92 Å². The van der Waals surface area contributed by atoms with E-state index < -0.39 is 0 Å². The summed E-state index contributed by atoms with van der Waals surface area (Å²) in [6.07, 6.45) is 2.46. The van der Waals surface area contributed by atoms with E-state index in [1.165, 1.54) is 12.1 Å². The van der Waals surface area contributed by atoms with Gasteiger partial charge in [-0.3, -0.25) is 0 Å². The maximum Gasteiger partial charge on any atom is 0.0820 e. The molecule has 0 aromatic rings. The van der Waals surface area contributed by atoms with E-state index in [0.29, 0.717) is 5.41 Å². The molecule has 1 saturated carbocycles. The van der Waals surface area contributed by atoms with Crippen molar-refractivity contribution in [1.82, 2.24) is 0 Å². The molecule has 0 aromatic heterocycles. The molecular weight excluding hydrogens is 170 g/mol. The molecule has 0 unspecified atom stereocenters. The molecule has 1 rings (SSSR count). The molecule has 0 radical (unpaired) electrons. The van der Waals surface area contributed by atoms with Crippen LogP contribution in [0, 0.1) is 17.3 Å². The molecule has 1 fully saturated rings. The molecule has 0 saturated heterocycles. The second-order valence-electron chi connectivity index (χ2n) is 6.67. The molecule has 2 atom stereocenters. The van der Waals surface area contributed by atoms with Crippen molar-refractivity contribution < 1.29 is 4.48 Å². The number of quaternary nitrogens is 1. The van der Waals surface area contributed by atoms with Crippen LogP contribution in [0.1, 0.15) is 27.7 Å². The number of allylic oxidation sites excluding steroid dienone is 2. The monoisotopic (exact) mass is 196 g/mol. The van der Waals surface area contributed by atoms with Crippen LogP contribution in [0.15, 0.2) is 11.6 Å². The fraction of sp³-hybridized carbons (Fsp3) is 0.846. The lowest BCUT2D eigenvalue weighted by molar-refractivity contribution is -0.872. The molecule has 1 heteroatoms. The zero-order valence-electron chi connectivity index (χ0n) is 10.9. The third kappa shape index (κ3) is 2.60. The van der Waals surface area contributed by atoms with Gasteiger partial charge in [0.1, 0.15) is 0 Å². The van der Waals surface area contributed by atoms with Crippen molar-refractivity contribution in [3.8, 4) is 0 Å². The SMILES string of the molecule is CC(C)=C[C@H]1[C@@H](C[N+](C)(C)C)C1(C)C. The Morgan fingerprint density at radius 3 is 2.07 bits per heavy atom. The lowest BCUT2D eigenvalue weighted by Crippen LogP contribution is -2.37. The van der Waals surface area contributed by atoms with Crippen molar-refractivity contribution in [1.29, 1.82) is 0 Å². The fourth-order valence-corrected chi connectivity index (χ4v) is 2.42. The van der Waals surface area contributed by atoms with Gasteiger partial charge in [0.15, 0.2) is 0 Å². The summed E-state index contributed by atoms with van der Waals surface area (Å²) in [5.41, 5.74) is 2.00. The predicted octanol–water partition coefficient (Wildman–Crippen LogP) is 2.93. The van der Waals surface area contributed by atoms with Gasteiger partial charge < -0.3 is 4.48 Å². The fourth-order valence-electron chi connectivity index (χ4n) is 2.42. The quantitative estimate of drug-likeness (QED) is 0.481. The van der Waals surface area contributed by atoms with Crippen molar-refractivity contribution in [3.63, 3.8) is 0 Å². The maximum absolute atomic E-state index is 2.46. The molecule has 14 heavy (non-hydrogen) atoms. The highest BCUT2D eigenvalue weighted by atomic mass is 15.3. The number of hydrogen-bond donors (Lipinski definition) is 0. The Labute approximate surface area is 89.4 Å². The van der Waals surface area contributed by atoms with Crippen LogP contribution in [0.5, 0.6) is 0 Å². The van der Waals surface area contributed by atoms with E-state index in [4.69, 9.17) is 0 Å². The zero-order valence-corrected chi connectivity index (χ0v) is 10.9. The first-order valence-corrected chi connectivity index (χ1v) is 5.60. The Bertz CT molecular complexity index is 238. The molecule has 0 aliphatic heterocycles. The molecule has 0 heterocycles. The normalized spacial score (nSPS) is 29.9. The topological polar surface area (TPSA) is 0 Å². The minimum absolute atomic E-state index is 0.531. The molecule has 0 N–H and O–H groups in total. The van der Waals surface area contributed by atoms with E-state index >= 15 is 0 Å². The first-order valence-electron chi connectivity index (χ1n) is 5.60. The van der Waals surface area contributed by atoms with Gasteiger partial charge in [-0.1, -0.05) is 25.5 Å². The Balaban J connectivity index is 2.63. The Morgan fingerprint density at radius 2 is 1.71 bits per heavy atom. The van der Waals surface area contributed by atoms with E-state index in [1.807, 2.05) is 0 Å². The Morgan fingerprint density at radius 1 is 1.21 bits per heavy atom. The van der Waals surface area contributed by atoms with Crippen LogP contribution < -0.4 is 0 Å². The standard InChI is InChI=1S/C13H26N/c1-10(2)8-11-12(13(11,3)4)9-14(5,6)7/h8,11-12H,9H2,1-7H3/q+1/t11-,12+/m0/s1. The maximum atomic E-state index is 2.46. The smallest absolute Gasteiger partial charge is 0.0820 e. The van der Waals surface area contributed by atoms with Gasteiger partial charge in [0.05, 0.1) is 27.7 Å². The van der Waals surface area contributed by atoms with Crippen LogP contribution in [0.3, 0.4) is 0 Å². The van der Waals surface area contributed by atoms with E-state index in [9.17, 15) is 0 Å². The molecule has 1 aliphatic rings. The van der Waals surface area contributed by atoms with E-state index in [-0.39, 0.29) is 0 Å². The van der Waals surface area contributed by atoms with Crippen molar-refractivity contribution in [2.45, 2.75) is 27.7 Å². The number of hydrogen-bond acceptors (Lipinski definition) is 0. The summed E-state index contributed by atoms with van der Waals surface area (Å²) in [7, 11) is 6.86. The second-order valence-corrected chi connectivity index (χ2v) is 6.67. The molecule has 0 amide bonds. The van der Waals surface area contributed by atoms with Gasteiger partial charge in [-0.2, -0.15) is 0 Å². The van der Waals surface area contributed by atoms with Crippen molar-refractivity contribution in [2.24, 2.45) is 17.3 Å². The summed E-state index contributed by atoms with van der Waals surface area (Å²) in [5, 5.41) is 0. The molecule has 1 aliphatic carbocycles. The van der Waals surface area contributed by atoms with Crippen LogP contribution in [0.25, 0.3) is 0 Å². The molecule has 0 aromatic carbocycles. The average Bonchev–Trinajstić information content (AvgIpc) is 2.34. The largest absolute Gasteiger partial charge is 0.331 e. The number of nitrogens with zero attached hydrogens (tertiary/aromatic N) is 1. The highest BCUT2D eigenvalue weighted by molar-refractivity contribution is 5.16. The molecule has 1 nitrogen and oxygen atoms in total. The van der Waals surface area contributed by atoms with Crippen LogP contribution in [-0.2, 0) is 0 Å². The Kier molecular flexibility index (Phi) is 2.84. The minimum Gasteiger partial charge on any atom is -0.331 e. The Hall–Kier alpha value is -0.300. The van der Waals surface area contributed by atoms with Crippen molar-refractivity contribution in [2.75, 3.05) is 27.7 Å². The van der Waals surface area contributed by atoms with E-state index in [1.54, 1.807) is 0 Å². The van der Waals surface area contributed by atoms with E-state index in [2.05, 4.69) is 54.9 Å². The average molecular weight is 196 g/mol. The van der Waals surface area contributed by atoms with Gasteiger partial charge in [-0.05, 0) is 25.2 Å².